The summed E-state index contributed by atoms with van der Waals surface area (Å²) >= 11 is 9.19. The number of rotatable bonds is 3. The van der Waals surface area contributed by atoms with Crippen LogP contribution in [0.2, 0.25) is 5.02 Å². The van der Waals surface area contributed by atoms with Gasteiger partial charge in [-0.2, -0.15) is 10.4 Å². The fourth-order valence-electron chi connectivity index (χ4n) is 1.03. The number of nitrogens with one attached hydrogen (secondary N) is 2. The van der Waals surface area contributed by atoms with Gasteiger partial charge in [0, 0.05) is 4.47 Å². The van der Waals surface area contributed by atoms with E-state index in [1.165, 1.54) is 0 Å². The molecular formula is C10H9BrClN5. The Kier molecular flexibility index (Phi) is 4.49. The molecule has 4 N–H and O–H groups in total. The Morgan fingerprint density at radius 2 is 2.29 bits per heavy atom. The van der Waals surface area contributed by atoms with Crippen molar-refractivity contribution in [3.8, 4) is 6.07 Å². The maximum Gasteiger partial charge on any atom is 0.201 e. The average molecular weight is 315 g/mol. The zero-order valence-corrected chi connectivity index (χ0v) is 11.2. The number of anilines is 1. The summed E-state index contributed by atoms with van der Waals surface area (Å²) in [7, 11) is 0. The van der Waals surface area contributed by atoms with Crippen LogP contribution in [0.3, 0.4) is 0 Å². The standard InChI is InChI=1S/C10H9BrClN5/c1-5-2-7(12)6(11)3-8(5)16-17-9(4-13)10(14)15/h2-3,16H,1H3,(H3,14,15)/b17-9+. The van der Waals surface area contributed by atoms with Crippen LogP contribution in [-0.2, 0) is 0 Å². The van der Waals surface area contributed by atoms with E-state index in [9.17, 15) is 0 Å². The molecule has 1 rings (SSSR count). The van der Waals surface area contributed by atoms with Gasteiger partial charge in [-0.05, 0) is 40.5 Å². The summed E-state index contributed by atoms with van der Waals surface area (Å²) in [5.74, 6) is -0.384. The Labute approximate surface area is 112 Å². The summed E-state index contributed by atoms with van der Waals surface area (Å²) in [5.41, 5.74) is 9.20. The Morgan fingerprint density at radius 3 is 2.82 bits per heavy atom. The van der Waals surface area contributed by atoms with E-state index in [-0.39, 0.29) is 11.5 Å². The number of halogens is 2. The monoisotopic (exact) mass is 313 g/mol. The van der Waals surface area contributed by atoms with E-state index >= 15 is 0 Å². The Hall–Kier alpha value is -1.58. The molecule has 17 heavy (non-hydrogen) atoms. The number of benzene rings is 1. The van der Waals surface area contributed by atoms with Crippen LogP contribution >= 0.6 is 27.5 Å². The second-order valence-corrected chi connectivity index (χ2v) is 4.44. The third kappa shape index (κ3) is 3.44. The van der Waals surface area contributed by atoms with Crippen LogP contribution in [0.5, 0.6) is 0 Å². The van der Waals surface area contributed by atoms with Gasteiger partial charge >= 0.3 is 0 Å². The van der Waals surface area contributed by atoms with Gasteiger partial charge < -0.3 is 5.73 Å². The molecule has 0 spiro atoms. The van der Waals surface area contributed by atoms with Crippen LogP contribution in [0, 0.1) is 23.7 Å². The molecule has 0 saturated carbocycles. The lowest BCUT2D eigenvalue weighted by molar-refractivity contribution is 1.29. The van der Waals surface area contributed by atoms with Crippen LogP contribution in [0.4, 0.5) is 5.69 Å². The normalized spacial score (nSPS) is 10.8. The van der Waals surface area contributed by atoms with Crippen LogP contribution < -0.4 is 11.2 Å². The van der Waals surface area contributed by atoms with Gasteiger partial charge in [0.25, 0.3) is 0 Å². The van der Waals surface area contributed by atoms with Crippen molar-refractivity contribution < 1.29 is 0 Å². The van der Waals surface area contributed by atoms with Gasteiger partial charge in [-0.15, -0.1) is 0 Å². The number of nitrogens with two attached hydrogens (primary N) is 1. The van der Waals surface area contributed by atoms with E-state index < -0.39 is 0 Å². The number of nitrogens with zero attached hydrogens (tertiary/aromatic N) is 2. The molecule has 7 heteroatoms. The molecule has 1 aromatic carbocycles. The smallest absolute Gasteiger partial charge is 0.201 e. The number of aryl methyl sites for hydroxylation is 1. The zero-order chi connectivity index (χ0) is 13.0. The first-order valence-electron chi connectivity index (χ1n) is 4.49. The highest BCUT2D eigenvalue weighted by molar-refractivity contribution is 9.10. The maximum absolute atomic E-state index is 8.67. The molecule has 0 aliphatic heterocycles. The Morgan fingerprint density at radius 1 is 1.65 bits per heavy atom. The molecule has 0 saturated heterocycles. The first kappa shape index (κ1) is 13.5. The van der Waals surface area contributed by atoms with Crippen molar-refractivity contribution in [2.75, 3.05) is 5.43 Å². The number of hydrazone groups is 1. The van der Waals surface area contributed by atoms with Crippen molar-refractivity contribution in [3.63, 3.8) is 0 Å². The topological polar surface area (TPSA) is 98.0 Å². The van der Waals surface area contributed by atoms with E-state index in [1.54, 1.807) is 18.2 Å². The van der Waals surface area contributed by atoms with Crippen molar-refractivity contribution in [1.29, 1.82) is 10.7 Å². The van der Waals surface area contributed by atoms with Crippen molar-refractivity contribution >= 4 is 44.8 Å². The number of hydrogen-bond acceptors (Lipinski definition) is 4. The number of hydrogen-bond donors (Lipinski definition) is 3. The molecule has 0 unspecified atom stereocenters. The second kappa shape index (κ2) is 5.66. The molecule has 0 bridgehead atoms. The van der Waals surface area contributed by atoms with Crippen LogP contribution in [0.1, 0.15) is 5.56 Å². The zero-order valence-electron chi connectivity index (χ0n) is 8.88. The van der Waals surface area contributed by atoms with E-state index in [0.29, 0.717) is 15.2 Å². The molecule has 0 aromatic heterocycles. The molecular weight excluding hydrogens is 306 g/mol. The number of nitriles is 1. The fourth-order valence-corrected chi connectivity index (χ4v) is 1.59. The summed E-state index contributed by atoms with van der Waals surface area (Å²) < 4.78 is 0.712. The summed E-state index contributed by atoms with van der Waals surface area (Å²) in [4.78, 5) is 0. The third-order valence-corrected chi connectivity index (χ3v) is 3.11. The molecule has 88 valence electrons. The highest BCUT2D eigenvalue weighted by Crippen LogP contribution is 2.28. The molecule has 0 heterocycles. The van der Waals surface area contributed by atoms with Crippen molar-refractivity contribution in [3.05, 3.63) is 27.2 Å². The fraction of sp³-hybridized carbons (Fsp3) is 0.100. The molecule has 0 atom stereocenters. The Balaban J connectivity index is 3.01. The predicted molar refractivity (Wildman–Crippen MR) is 72.5 cm³/mol. The van der Waals surface area contributed by atoms with E-state index in [0.717, 1.165) is 5.56 Å². The molecule has 0 aliphatic carbocycles. The molecule has 0 amide bonds. The first-order chi connectivity index (χ1) is 7.95. The lowest BCUT2D eigenvalue weighted by atomic mass is 10.2. The quantitative estimate of drug-likeness (QED) is 0.454. The number of amidine groups is 1. The third-order valence-electron chi connectivity index (χ3n) is 1.92. The lowest BCUT2D eigenvalue weighted by Crippen LogP contribution is -2.21. The van der Waals surface area contributed by atoms with E-state index in [2.05, 4.69) is 26.5 Å². The van der Waals surface area contributed by atoms with Crippen molar-refractivity contribution in [1.82, 2.24) is 0 Å². The molecule has 0 fully saturated rings. The van der Waals surface area contributed by atoms with Gasteiger partial charge in [-0.1, -0.05) is 11.6 Å². The predicted octanol–water partition coefficient (Wildman–Crippen LogP) is 2.64. The van der Waals surface area contributed by atoms with E-state index in [1.807, 2.05) is 6.92 Å². The van der Waals surface area contributed by atoms with Crippen LogP contribution in [0.15, 0.2) is 21.7 Å². The molecule has 0 aliphatic rings. The SMILES string of the molecule is Cc1cc(Cl)c(Br)cc1N/N=C(\C#N)C(=N)N. The van der Waals surface area contributed by atoms with Crippen molar-refractivity contribution in [2.24, 2.45) is 10.8 Å². The highest BCUT2D eigenvalue weighted by Gasteiger charge is 2.05. The van der Waals surface area contributed by atoms with Gasteiger partial charge in [-0.3, -0.25) is 10.8 Å². The van der Waals surface area contributed by atoms with Gasteiger partial charge in [0.1, 0.15) is 6.07 Å². The molecule has 0 radical (unpaired) electrons. The average Bonchev–Trinajstić information content (AvgIpc) is 2.25. The Bertz CT molecular complexity index is 532. The lowest BCUT2D eigenvalue weighted by Gasteiger charge is -2.07. The largest absolute Gasteiger partial charge is 0.382 e. The van der Waals surface area contributed by atoms with Crippen LogP contribution in [-0.4, -0.2) is 11.5 Å². The minimum absolute atomic E-state index is 0.171. The van der Waals surface area contributed by atoms with Crippen LogP contribution in [0.25, 0.3) is 0 Å². The first-order valence-corrected chi connectivity index (χ1v) is 5.66. The van der Waals surface area contributed by atoms with Gasteiger partial charge in [0.15, 0.2) is 5.84 Å². The van der Waals surface area contributed by atoms with E-state index in [4.69, 9.17) is 28.0 Å². The highest BCUT2D eigenvalue weighted by atomic mass is 79.9. The van der Waals surface area contributed by atoms with Crippen molar-refractivity contribution in [2.45, 2.75) is 6.92 Å². The second-order valence-electron chi connectivity index (χ2n) is 3.18. The van der Waals surface area contributed by atoms with Gasteiger partial charge in [-0.25, -0.2) is 0 Å². The summed E-state index contributed by atoms with van der Waals surface area (Å²) in [6, 6.07) is 5.20. The summed E-state index contributed by atoms with van der Waals surface area (Å²) in [6.45, 7) is 1.84. The molecule has 5 nitrogen and oxygen atoms in total. The summed E-state index contributed by atoms with van der Waals surface area (Å²) in [5, 5.41) is 20.1. The van der Waals surface area contributed by atoms with Gasteiger partial charge in [0.05, 0.1) is 10.7 Å². The minimum atomic E-state index is -0.384. The maximum atomic E-state index is 8.67. The summed E-state index contributed by atoms with van der Waals surface area (Å²) in [6.07, 6.45) is 0. The molecule has 1 aromatic rings. The minimum Gasteiger partial charge on any atom is -0.382 e. The van der Waals surface area contributed by atoms with Gasteiger partial charge in [0.2, 0.25) is 5.71 Å².